The lowest BCUT2D eigenvalue weighted by molar-refractivity contribution is -0.118. The van der Waals surface area contributed by atoms with Crippen LogP contribution >= 0.6 is 11.6 Å². The molecule has 11 nitrogen and oxygen atoms in total. The van der Waals surface area contributed by atoms with E-state index in [4.69, 9.17) is 11.6 Å². The van der Waals surface area contributed by atoms with Gasteiger partial charge in [0.2, 0.25) is 5.91 Å². The van der Waals surface area contributed by atoms with Crippen LogP contribution in [0.25, 0.3) is 11.3 Å². The molecule has 0 radical (unpaired) electrons. The van der Waals surface area contributed by atoms with E-state index in [1.807, 2.05) is 19.9 Å². The molecule has 0 bridgehead atoms. The zero-order valence-electron chi connectivity index (χ0n) is 23.3. The van der Waals surface area contributed by atoms with Gasteiger partial charge in [0.1, 0.15) is 11.6 Å². The van der Waals surface area contributed by atoms with E-state index in [0.29, 0.717) is 18.3 Å². The Morgan fingerprint density at radius 2 is 2.05 bits per heavy atom. The van der Waals surface area contributed by atoms with Crippen molar-refractivity contribution in [1.82, 2.24) is 24.7 Å². The van der Waals surface area contributed by atoms with Crippen molar-refractivity contribution in [3.05, 3.63) is 76.3 Å². The number of halogens is 4. The van der Waals surface area contributed by atoms with Gasteiger partial charge in [0.05, 0.1) is 52.7 Å². The van der Waals surface area contributed by atoms with Gasteiger partial charge in [-0.15, -0.1) is 0 Å². The SMILES string of the molecule is Cc1cc([C@H](C)n2cc(NC(=O)c3nc(-c4c(OC(F)F)ccc(Cl)c4F)cnc3CO)cn2)cnc1N1C[C@H]2C[C@H]2C1=O. The summed E-state index contributed by atoms with van der Waals surface area (Å²) in [4.78, 5) is 40.1. The van der Waals surface area contributed by atoms with Gasteiger partial charge < -0.3 is 15.2 Å². The number of nitrogens with one attached hydrogen (secondary N) is 1. The highest BCUT2D eigenvalue weighted by atomic mass is 35.5. The Balaban J connectivity index is 1.22. The predicted octanol–water partition coefficient (Wildman–Crippen LogP) is 4.77. The highest BCUT2D eigenvalue weighted by Crippen LogP contribution is 2.47. The first-order chi connectivity index (χ1) is 21.0. The molecular formula is C29H25ClF3N7O4. The number of aliphatic hydroxyl groups is 1. The Kier molecular flexibility index (Phi) is 7.72. The van der Waals surface area contributed by atoms with Gasteiger partial charge in [0.15, 0.2) is 11.5 Å². The summed E-state index contributed by atoms with van der Waals surface area (Å²) in [6.45, 7) is 0.534. The van der Waals surface area contributed by atoms with E-state index in [0.717, 1.165) is 35.9 Å². The zero-order valence-corrected chi connectivity index (χ0v) is 24.1. The molecule has 4 heterocycles. The van der Waals surface area contributed by atoms with Crippen molar-refractivity contribution in [2.24, 2.45) is 11.8 Å². The van der Waals surface area contributed by atoms with E-state index < -0.39 is 36.3 Å². The van der Waals surface area contributed by atoms with Crippen molar-refractivity contribution < 1.29 is 32.6 Å². The number of nitrogens with zero attached hydrogens (tertiary/aromatic N) is 6. The first-order valence-corrected chi connectivity index (χ1v) is 14.0. The number of hydrogen-bond donors (Lipinski definition) is 2. The minimum Gasteiger partial charge on any atom is -0.434 e. The number of pyridine rings is 1. The number of carbonyl (C=O) groups excluding carboxylic acids is 2. The number of rotatable bonds is 9. The summed E-state index contributed by atoms with van der Waals surface area (Å²) in [6.07, 6.45) is 6.64. The van der Waals surface area contributed by atoms with Crippen LogP contribution < -0.4 is 15.0 Å². The standard InChI is InChI=1S/C29H25ClF3N7O4/c1-13-5-15(7-35-26(13)39-10-16-6-18(16)28(39)43)14(2)40-11-17(8-36-40)37-27(42)25-21(12-41)34-9-20(38-25)23-22(44-29(32)33)4-3-19(30)24(23)31/h3-5,7-9,11,14,16,18,29,41H,6,10,12H2,1-2H3,(H,37,42)/t14-,16+,18+/m0/s1. The van der Waals surface area contributed by atoms with Crippen LogP contribution in [0, 0.1) is 24.6 Å². The third kappa shape index (κ3) is 5.46. The highest BCUT2D eigenvalue weighted by Gasteiger charge is 2.53. The van der Waals surface area contributed by atoms with Crippen molar-refractivity contribution in [3.8, 4) is 17.0 Å². The molecule has 1 saturated carbocycles. The van der Waals surface area contributed by atoms with Crippen molar-refractivity contribution >= 4 is 34.9 Å². The van der Waals surface area contributed by atoms with Gasteiger partial charge in [-0.05, 0) is 55.5 Å². The van der Waals surface area contributed by atoms with E-state index in [1.54, 1.807) is 22.0 Å². The maximum atomic E-state index is 14.9. The maximum Gasteiger partial charge on any atom is 0.387 e. The lowest BCUT2D eigenvalue weighted by Crippen LogP contribution is -2.29. The number of hydrogen-bond acceptors (Lipinski definition) is 8. The number of piperidine rings is 1. The molecule has 1 aromatic carbocycles. The van der Waals surface area contributed by atoms with Crippen LogP contribution in [-0.2, 0) is 11.4 Å². The summed E-state index contributed by atoms with van der Waals surface area (Å²) in [5.41, 5.74) is 0.613. The zero-order chi connectivity index (χ0) is 31.3. The molecule has 2 fully saturated rings. The summed E-state index contributed by atoms with van der Waals surface area (Å²) < 4.78 is 46.9. The summed E-state index contributed by atoms with van der Waals surface area (Å²) in [6, 6.07) is 3.74. The molecule has 1 aliphatic carbocycles. The largest absolute Gasteiger partial charge is 0.434 e. The van der Waals surface area contributed by atoms with Crippen LogP contribution in [0.3, 0.4) is 0 Å². The Bertz CT molecular complexity index is 1790. The van der Waals surface area contributed by atoms with Gasteiger partial charge in [-0.3, -0.25) is 24.2 Å². The molecule has 2 amide bonds. The van der Waals surface area contributed by atoms with Crippen LogP contribution in [0.1, 0.15) is 46.7 Å². The molecule has 2 N–H and O–H groups in total. The average molecular weight is 628 g/mol. The number of amides is 2. The van der Waals surface area contributed by atoms with Gasteiger partial charge in [0.25, 0.3) is 5.91 Å². The molecule has 15 heteroatoms. The molecule has 4 aromatic rings. The fraction of sp³-hybridized carbons (Fsp3) is 0.310. The van der Waals surface area contributed by atoms with Gasteiger partial charge in [-0.2, -0.15) is 13.9 Å². The number of aryl methyl sites for hydroxylation is 1. The van der Waals surface area contributed by atoms with Crippen molar-refractivity contribution in [1.29, 1.82) is 0 Å². The van der Waals surface area contributed by atoms with Crippen LogP contribution in [0.4, 0.5) is 24.7 Å². The number of anilines is 2. The Labute approximate surface area is 253 Å². The van der Waals surface area contributed by atoms with Crippen molar-refractivity contribution in [3.63, 3.8) is 0 Å². The van der Waals surface area contributed by atoms with Gasteiger partial charge in [0, 0.05) is 24.9 Å². The minimum atomic E-state index is -3.27. The molecule has 44 heavy (non-hydrogen) atoms. The fourth-order valence-electron chi connectivity index (χ4n) is 5.32. The second-order valence-corrected chi connectivity index (χ2v) is 11.0. The number of ether oxygens (including phenoxy) is 1. The van der Waals surface area contributed by atoms with Crippen molar-refractivity contribution in [2.45, 2.75) is 39.5 Å². The molecule has 228 valence electrons. The predicted molar refractivity (Wildman–Crippen MR) is 152 cm³/mol. The Hall–Kier alpha value is -4.56. The lowest BCUT2D eigenvalue weighted by Gasteiger charge is -2.21. The van der Waals surface area contributed by atoms with Crippen molar-refractivity contribution in [2.75, 3.05) is 16.8 Å². The maximum absolute atomic E-state index is 14.9. The third-order valence-corrected chi connectivity index (χ3v) is 8.02. The molecule has 2 aliphatic rings. The van der Waals surface area contributed by atoms with Crippen LogP contribution in [0.5, 0.6) is 5.75 Å². The van der Waals surface area contributed by atoms with E-state index in [1.165, 1.54) is 6.20 Å². The third-order valence-electron chi connectivity index (χ3n) is 7.73. The monoisotopic (exact) mass is 627 g/mol. The number of alkyl halides is 2. The molecule has 1 aliphatic heterocycles. The van der Waals surface area contributed by atoms with Gasteiger partial charge >= 0.3 is 6.61 Å². The van der Waals surface area contributed by atoms with Gasteiger partial charge in [-0.25, -0.2) is 14.4 Å². The summed E-state index contributed by atoms with van der Waals surface area (Å²) in [5.74, 6) is -1.14. The molecule has 0 spiro atoms. The fourth-order valence-corrected chi connectivity index (χ4v) is 5.48. The van der Waals surface area contributed by atoms with E-state index in [-0.39, 0.29) is 45.7 Å². The normalized spacial score (nSPS) is 18.0. The van der Waals surface area contributed by atoms with Gasteiger partial charge in [-0.1, -0.05) is 11.6 Å². The van der Waals surface area contributed by atoms with Crippen LogP contribution in [0.15, 0.2) is 43.0 Å². The first-order valence-electron chi connectivity index (χ1n) is 13.6. The highest BCUT2D eigenvalue weighted by molar-refractivity contribution is 6.31. The molecular weight excluding hydrogens is 603 g/mol. The Morgan fingerprint density at radius 3 is 2.73 bits per heavy atom. The summed E-state index contributed by atoms with van der Waals surface area (Å²) in [7, 11) is 0. The minimum absolute atomic E-state index is 0.123. The molecule has 6 rings (SSSR count). The smallest absolute Gasteiger partial charge is 0.387 e. The van der Waals surface area contributed by atoms with Crippen LogP contribution in [0.2, 0.25) is 5.02 Å². The molecule has 3 aromatic heterocycles. The van der Waals surface area contributed by atoms with E-state index >= 15 is 0 Å². The lowest BCUT2D eigenvalue weighted by atomic mass is 10.1. The number of aliphatic hydroxyl groups excluding tert-OH is 1. The topological polar surface area (TPSA) is 135 Å². The molecule has 1 saturated heterocycles. The number of fused-ring (bicyclic) bond motifs is 1. The van der Waals surface area contributed by atoms with Crippen LogP contribution in [-0.4, -0.2) is 54.8 Å². The number of aromatic nitrogens is 5. The molecule has 3 atom stereocenters. The van der Waals surface area contributed by atoms with E-state index in [9.17, 15) is 27.9 Å². The number of benzene rings is 1. The summed E-state index contributed by atoms with van der Waals surface area (Å²) in [5, 5.41) is 16.3. The van der Waals surface area contributed by atoms with E-state index in [2.05, 4.69) is 30.1 Å². The Morgan fingerprint density at radius 1 is 1.25 bits per heavy atom. The summed E-state index contributed by atoms with van der Waals surface area (Å²) >= 11 is 5.86. The quantitative estimate of drug-likeness (QED) is 0.271. The second-order valence-electron chi connectivity index (χ2n) is 10.6. The number of carbonyl (C=O) groups is 2. The molecule has 0 unspecified atom stereocenters. The second kappa shape index (κ2) is 11.5. The first kappa shape index (κ1) is 29.5. The average Bonchev–Trinajstić information content (AvgIpc) is 3.50.